The Kier molecular flexibility index (Phi) is 5.60. The highest BCUT2D eigenvalue weighted by atomic mass is 16.5. The standard InChI is InChI=1S/C12H24N2O2/c1-9(2)8-16-12(15)14-7-11-5-3-4-10(11)6-13/h9-11H,3-8,13H2,1-2H3,(H,14,15). The number of rotatable bonds is 5. The SMILES string of the molecule is CC(C)COC(=O)NCC1CCCC1CN. The molecule has 0 aliphatic heterocycles. The Morgan fingerprint density at radius 2 is 2.12 bits per heavy atom. The Labute approximate surface area is 97.9 Å². The number of ether oxygens (including phenoxy) is 1. The Balaban J connectivity index is 2.16. The van der Waals surface area contributed by atoms with Crippen molar-refractivity contribution in [2.75, 3.05) is 19.7 Å². The summed E-state index contributed by atoms with van der Waals surface area (Å²) in [5, 5.41) is 2.83. The smallest absolute Gasteiger partial charge is 0.407 e. The van der Waals surface area contributed by atoms with Gasteiger partial charge in [-0.3, -0.25) is 0 Å². The van der Waals surface area contributed by atoms with E-state index < -0.39 is 0 Å². The Morgan fingerprint density at radius 1 is 1.44 bits per heavy atom. The zero-order valence-corrected chi connectivity index (χ0v) is 10.4. The van der Waals surface area contributed by atoms with Crippen LogP contribution in [0.25, 0.3) is 0 Å². The first-order chi connectivity index (χ1) is 7.63. The van der Waals surface area contributed by atoms with Crippen molar-refractivity contribution in [2.24, 2.45) is 23.5 Å². The second kappa shape index (κ2) is 6.74. The molecule has 1 rings (SSSR count). The minimum absolute atomic E-state index is 0.295. The molecule has 4 nitrogen and oxygen atoms in total. The lowest BCUT2D eigenvalue weighted by molar-refractivity contribution is 0.130. The maximum atomic E-state index is 11.3. The highest BCUT2D eigenvalue weighted by Crippen LogP contribution is 2.30. The molecule has 0 aromatic rings. The number of amides is 1. The molecule has 2 atom stereocenters. The second-order valence-corrected chi connectivity index (χ2v) is 5.06. The minimum Gasteiger partial charge on any atom is -0.449 e. The molecule has 1 amide bonds. The molecule has 1 aliphatic rings. The second-order valence-electron chi connectivity index (χ2n) is 5.06. The quantitative estimate of drug-likeness (QED) is 0.753. The Bertz CT molecular complexity index is 219. The van der Waals surface area contributed by atoms with E-state index in [9.17, 15) is 4.79 Å². The predicted molar refractivity (Wildman–Crippen MR) is 64.1 cm³/mol. The molecule has 0 heterocycles. The van der Waals surface area contributed by atoms with E-state index in [2.05, 4.69) is 5.32 Å². The van der Waals surface area contributed by atoms with Crippen molar-refractivity contribution in [3.63, 3.8) is 0 Å². The third-order valence-electron chi connectivity index (χ3n) is 3.18. The summed E-state index contributed by atoms with van der Waals surface area (Å²) in [7, 11) is 0. The summed E-state index contributed by atoms with van der Waals surface area (Å²) in [5.41, 5.74) is 5.69. The highest BCUT2D eigenvalue weighted by Gasteiger charge is 2.26. The van der Waals surface area contributed by atoms with E-state index in [-0.39, 0.29) is 6.09 Å². The van der Waals surface area contributed by atoms with E-state index in [1.165, 1.54) is 19.3 Å². The van der Waals surface area contributed by atoms with Crippen molar-refractivity contribution < 1.29 is 9.53 Å². The van der Waals surface area contributed by atoms with E-state index >= 15 is 0 Å². The number of alkyl carbamates (subject to hydrolysis) is 1. The van der Waals surface area contributed by atoms with E-state index in [1.54, 1.807) is 0 Å². The molecule has 2 unspecified atom stereocenters. The van der Waals surface area contributed by atoms with Gasteiger partial charge < -0.3 is 15.8 Å². The van der Waals surface area contributed by atoms with Crippen LogP contribution < -0.4 is 11.1 Å². The first-order valence-corrected chi connectivity index (χ1v) is 6.24. The van der Waals surface area contributed by atoms with Gasteiger partial charge in [0.15, 0.2) is 0 Å². The van der Waals surface area contributed by atoms with Gasteiger partial charge in [-0.05, 0) is 37.1 Å². The summed E-state index contributed by atoms with van der Waals surface area (Å²) >= 11 is 0. The van der Waals surface area contributed by atoms with Crippen LogP contribution in [-0.4, -0.2) is 25.8 Å². The third kappa shape index (κ3) is 4.39. The van der Waals surface area contributed by atoms with Crippen LogP contribution in [0.4, 0.5) is 4.79 Å². The molecular formula is C12H24N2O2. The molecule has 1 saturated carbocycles. The largest absolute Gasteiger partial charge is 0.449 e. The number of nitrogens with two attached hydrogens (primary N) is 1. The van der Waals surface area contributed by atoms with Crippen molar-refractivity contribution >= 4 is 6.09 Å². The Morgan fingerprint density at radius 3 is 2.75 bits per heavy atom. The summed E-state index contributed by atoms with van der Waals surface area (Å²) in [5.74, 6) is 1.50. The molecule has 0 radical (unpaired) electrons. The van der Waals surface area contributed by atoms with Gasteiger partial charge in [0.1, 0.15) is 0 Å². The van der Waals surface area contributed by atoms with Crippen LogP contribution in [-0.2, 0) is 4.74 Å². The molecule has 0 saturated heterocycles. The Hall–Kier alpha value is -0.770. The van der Waals surface area contributed by atoms with Crippen molar-refractivity contribution in [1.29, 1.82) is 0 Å². The molecule has 4 heteroatoms. The topological polar surface area (TPSA) is 64.3 Å². The van der Waals surface area contributed by atoms with Crippen molar-refractivity contribution in [2.45, 2.75) is 33.1 Å². The van der Waals surface area contributed by atoms with Gasteiger partial charge >= 0.3 is 6.09 Å². The predicted octanol–water partition coefficient (Wildman–Crippen LogP) is 1.74. The average molecular weight is 228 g/mol. The van der Waals surface area contributed by atoms with E-state index in [1.807, 2.05) is 13.8 Å². The van der Waals surface area contributed by atoms with Crippen molar-refractivity contribution in [3.8, 4) is 0 Å². The zero-order valence-electron chi connectivity index (χ0n) is 10.4. The van der Waals surface area contributed by atoms with E-state index in [4.69, 9.17) is 10.5 Å². The lowest BCUT2D eigenvalue weighted by Crippen LogP contribution is -2.33. The molecule has 0 aromatic heterocycles. The molecule has 3 N–H and O–H groups in total. The number of nitrogens with one attached hydrogen (secondary N) is 1. The molecule has 1 aliphatic carbocycles. The normalized spacial score (nSPS) is 24.8. The third-order valence-corrected chi connectivity index (χ3v) is 3.18. The number of carbonyl (C=O) groups excluding carboxylic acids is 1. The van der Waals surface area contributed by atoms with Gasteiger partial charge in [-0.15, -0.1) is 0 Å². The van der Waals surface area contributed by atoms with Crippen LogP contribution in [0.3, 0.4) is 0 Å². The van der Waals surface area contributed by atoms with Crippen molar-refractivity contribution in [1.82, 2.24) is 5.32 Å². The molecule has 0 aromatic carbocycles. The summed E-state index contributed by atoms with van der Waals surface area (Å²) in [4.78, 5) is 11.3. The number of hydrogen-bond acceptors (Lipinski definition) is 3. The van der Waals surface area contributed by atoms with E-state index in [0.29, 0.717) is 30.9 Å². The molecule has 0 bridgehead atoms. The van der Waals surface area contributed by atoms with Gasteiger partial charge in [0.05, 0.1) is 6.61 Å². The lowest BCUT2D eigenvalue weighted by atomic mass is 9.96. The van der Waals surface area contributed by atoms with Gasteiger partial charge in [-0.1, -0.05) is 20.3 Å². The van der Waals surface area contributed by atoms with Crippen LogP contribution in [0, 0.1) is 17.8 Å². The zero-order chi connectivity index (χ0) is 12.0. The van der Waals surface area contributed by atoms with Crippen LogP contribution in [0.2, 0.25) is 0 Å². The summed E-state index contributed by atoms with van der Waals surface area (Å²) in [6, 6.07) is 0. The first kappa shape index (κ1) is 13.3. The lowest BCUT2D eigenvalue weighted by Gasteiger charge is -2.18. The maximum absolute atomic E-state index is 11.3. The maximum Gasteiger partial charge on any atom is 0.407 e. The average Bonchev–Trinajstić information content (AvgIpc) is 2.70. The highest BCUT2D eigenvalue weighted by molar-refractivity contribution is 5.67. The first-order valence-electron chi connectivity index (χ1n) is 6.24. The van der Waals surface area contributed by atoms with Gasteiger partial charge in [-0.25, -0.2) is 4.79 Å². The van der Waals surface area contributed by atoms with Crippen molar-refractivity contribution in [3.05, 3.63) is 0 Å². The van der Waals surface area contributed by atoms with Gasteiger partial charge in [-0.2, -0.15) is 0 Å². The fourth-order valence-corrected chi connectivity index (χ4v) is 2.20. The molecule has 16 heavy (non-hydrogen) atoms. The molecule has 1 fully saturated rings. The van der Waals surface area contributed by atoms with Gasteiger partial charge in [0.25, 0.3) is 0 Å². The molecule has 94 valence electrons. The van der Waals surface area contributed by atoms with Crippen LogP contribution in [0.1, 0.15) is 33.1 Å². The van der Waals surface area contributed by atoms with Crippen LogP contribution in [0.5, 0.6) is 0 Å². The fourth-order valence-electron chi connectivity index (χ4n) is 2.20. The van der Waals surface area contributed by atoms with Crippen LogP contribution in [0.15, 0.2) is 0 Å². The van der Waals surface area contributed by atoms with Gasteiger partial charge in [0.2, 0.25) is 0 Å². The summed E-state index contributed by atoms with van der Waals surface area (Å²) in [6.45, 7) is 5.96. The number of carbonyl (C=O) groups is 1. The number of hydrogen-bond donors (Lipinski definition) is 2. The summed E-state index contributed by atoms with van der Waals surface area (Å²) < 4.78 is 5.05. The van der Waals surface area contributed by atoms with Crippen LogP contribution >= 0.6 is 0 Å². The summed E-state index contributed by atoms with van der Waals surface area (Å²) in [6.07, 6.45) is 3.31. The van der Waals surface area contributed by atoms with Gasteiger partial charge in [0, 0.05) is 6.54 Å². The fraction of sp³-hybridized carbons (Fsp3) is 0.917. The minimum atomic E-state index is -0.295. The monoisotopic (exact) mass is 228 g/mol. The molecular weight excluding hydrogens is 204 g/mol. The molecule has 0 spiro atoms. The van der Waals surface area contributed by atoms with E-state index in [0.717, 1.165) is 6.54 Å².